The lowest BCUT2D eigenvalue weighted by Crippen LogP contribution is -2.46. The van der Waals surface area contributed by atoms with Crippen LogP contribution in [-0.2, 0) is 14.3 Å². The normalized spacial score (nSPS) is 14.9. The molecular formula is C9H20N2O3. The van der Waals surface area contributed by atoms with E-state index in [-0.39, 0.29) is 18.5 Å². The van der Waals surface area contributed by atoms with Gasteiger partial charge in [-0.25, -0.2) is 0 Å². The van der Waals surface area contributed by atoms with E-state index in [1.165, 1.54) is 7.11 Å². The smallest absolute Gasteiger partial charge is 0.253 e. The Hall–Kier alpha value is -0.650. The molecule has 14 heavy (non-hydrogen) atoms. The Kier molecular flexibility index (Phi) is 6.44. The first-order valence-corrected chi connectivity index (χ1v) is 4.56. The fraction of sp³-hybridized carbons (Fsp3) is 0.889. The van der Waals surface area contributed by atoms with Crippen molar-refractivity contribution in [2.24, 2.45) is 5.73 Å². The quantitative estimate of drug-likeness (QED) is 0.630. The predicted molar refractivity (Wildman–Crippen MR) is 54.0 cm³/mol. The van der Waals surface area contributed by atoms with Crippen molar-refractivity contribution in [1.29, 1.82) is 0 Å². The molecule has 0 aliphatic rings. The van der Waals surface area contributed by atoms with Gasteiger partial charge in [0.1, 0.15) is 6.10 Å². The molecule has 0 saturated heterocycles. The van der Waals surface area contributed by atoms with E-state index in [0.29, 0.717) is 6.61 Å². The van der Waals surface area contributed by atoms with E-state index in [1.807, 2.05) is 6.92 Å². The molecular weight excluding hydrogens is 184 g/mol. The molecule has 0 heterocycles. The first-order chi connectivity index (χ1) is 6.58. The number of rotatable bonds is 6. The van der Waals surface area contributed by atoms with Crippen molar-refractivity contribution in [2.75, 3.05) is 34.4 Å². The third kappa shape index (κ3) is 3.61. The molecule has 0 aromatic carbocycles. The molecule has 0 bridgehead atoms. The highest BCUT2D eigenvalue weighted by molar-refractivity contribution is 5.81. The summed E-state index contributed by atoms with van der Waals surface area (Å²) in [6.45, 7) is 2.60. The molecule has 0 spiro atoms. The minimum absolute atomic E-state index is 0.0247. The molecule has 1 amide bonds. The van der Waals surface area contributed by atoms with E-state index in [0.717, 1.165) is 0 Å². The van der Waals surface area contributed by atoms with E-state index in [2.05, 4.69) is 0 Å². The summed E-state index contributed by atoms with van der Waals surface area (Å²) < 4.78 is 9.91. The monoisotopic (exact) mass is 204 g/mol. The molecule has 0 aromatic heterocycles. The van der Waals surface area contributed by atoms with Crippen molar-refractivity contribution >= 4 is 5.91 Å². The van der Waals surface area contributed by atoms with Crippen molar-refractivity contribution in [3.63, 3.8) is 0 Å². The first kappa shape index (κ1) is 13.4. The van der Waals surface area contributed by atoms with Gasteiger partial charge in [-0.05, 0) is 6.92 Å². The lowest BCUT2D eigenvalue weighted by Gasteiger charge is -2.27. The highest BCUT2D eigenvalue weighted by Crippen LogP contribution is 2.01. The molecule has 0 rings (SSSR count). The Morgan fingerprint density at radius 2 is 2.07 bits per heavy atom. The van der Waals surface area contributed by atoms with E-state index < -0.39 is 6.10 Å². The van der Waals surface area contributed by atoms with Crippen molar-refractivity contribution < 1.29 is 14.3 Å². The van der Waals surface area contributed by atoms with Crippen LogP contribution in [0.5, 0.6) is 0 Å². The zero-order valence-corrected chi connectivity index (χ0v) is 9.32. The zero-order valence-electron chi connectivity index (χ0n) is 9.32. The minimum atomic E-state index is -0.556. The standard InChI is InChI=1S/C9H20N2O3/c1-7(6-13-3)11(2)9(12)8(5-10)14-4/h7-8H,5-6,10H2,1-4H3. The van der Waals surface area contributed by atoms with Crippen LogP contribution in [0.2, 0.25) is 0 Å². The number of nitrogens with two attached hydrogens (primary N) is 1. The van der Waals surface area contributed by atoms with Gasteiger partial charge in [-0.3, -0.25) is 4.79 Å². The minimum Gasteiger partial charge on any atom is -0.383 e. The Morgan fingerprint density at radius 1 is 1.50 bits per heavy atom. The molecule has 0 aliphatic carbocycles. The molecule has 2 atom stereocenters. The first-order valence-electron chi connectivity index (χ1n) is 4.56. The van der Waals surface area contributed by atoms with Gasteiger partial charge in [0.25, 0.3) is 5.91 Å². The van der Waals surface area contributed by atoms with Crippen molar-refractivity contribution in [3.05, 3.63) is 0 Å². The number of hydrogen-bond acceptors (Lipinski definition) is 4. The van der Waals surface area contributed by atoms with Crippen LogP contribution in [0.25, 0.3) is 0 Å². The lowest BCUT2D eigenvalue weighted by molar-refractivity contribution is -0.142. The number of amides is 1. The van der Waals surface area contributed by atoms with Crippen LogP contribution in [0, 0.1) is 0 Å². The van der Waals surface area contributed by atoms with Gasteiger partial charge in [0.2, 0.25) is 0 Å². The molecule has 0 saturated carbocycles. The molecule has 0 aromatic rings. The zero-order chi connectivity index (χ0) is 11.1. The second kappa shape index (κ2) is 6.75. The maximum atomic E-state index is 11.7. The highest BCUT2D eigenvalue weighted by Gasteiger charge is 2.23. The summed E-state index contributed by atoms with van der Waals surface area (Å²) in [5, 5.41) is 0. The van der Waals surface area contributed by atoms with Crippen molar-refractivity contribution in [2.45, 2.75) is 19.1 Å². The van der Waals surface area contributed by atoms with Crippen LogP contribution in [-0.4, -0.2) is 57.4 Å². The van der Waals surface area contributed by atoms with Crippen molar-refractivity contribution in [1.82, 2.24) is 4.90 Å². The van der Waals surface area contributed by atoms with Crippen LogP contribution in [0.15, 0.2) is 0 Å². The topological polar surface area (TPSA) is 64.8 Å². The molecule has 84 valence electrons. The van der Waals surface area contributed by atoms with E-state index in [4.69, 9.17) is 15.2 Å². The fourth-order valence-electron chi connectivity index (χ4n) is 1.10. The number of ether oxygens (including phenoxy) is 2. The summed E-state index contributed by atoms with van der Waals surface area (Å²) in [6.07, 6.45) is -0.556. The van der Waals surface area contributed by atoms with Gasteiger partial charge >= 0.3 is 0 Å². The number of hydrogen-bond donors (Lipinski definition) is 1. The van der Waals surface area contributed by atoms with Gasteiger partial charge in [-0.15, -0.1) is 0 Å². The van der Waals surface area contributed by atoms with Gasteiger partial charge in [-0.2, -0.15) is 0 Å². The Bertz CT molecular complexity index is 171. The second-order valence-corrected chi connectivity index (χ2v) is 3.21. The third-order valence-corrected chi connectivity index (χ3v) is 2.19. The average molecular weight is 204 g/mol. The van der Waals surface area contributed by atoms with Gasteiger partial charge in [-0.1, -0.05) is 0 Å². The lowest BCUT2D eigenvalue weighted by atomic mass is 10.2. The number of likely N-dealkylation sites (N-methyl/N-ethyl adjacent to an activating group) is 1. The van der Waals surface area contributed by atoms with Crippen LogP contribution in [0.1, 0.15) is 6.92 Å². The van der Waals surface area contributed by atoms with E-state index in [1.54, 1.807) is 19.1 Å². The summed E-state index contributed by atoms with van der Waals surface area (Å²) in [7, 11) is 4.80. The van der Waals surface area contributed by atoms with E-state index in [9.17, 15) is 4.79 Å². The largest absolute Gasteiger partial charge is 0.383 e. The van der Waals surface area contributed by atoms with Crippen LogP contribution in [0.3, 0.4) is 0 Å². The fourth-order valence-corrected chi connectivity index (χ4v) is 1.10. The summed E-state index contributed by atoms with van der Waals surface area (Å²) in [5.41, 5.74) is 5.39. The molecule has 0 radical (unpaired) electrons. The number of carbonyl (C=O) groups is 1. The summed E-state index contributed by atoms with van der Waals surface area (Å²) >= 11 is 0. The molecule has 0 fully saturated rings. The molecule has 5 heteroatoms. The highest BCUT2D eigenvalue weighted by atomic mass is 16.5. The average Bonchev–Trinajstić information content (AvgIpc) is 2.18. The molecule has 5 nitrogen and oxygen atoms in total. The maximum absolute atomic E-state index is 11.7. The van der Waals surface area contributed by atoms with Gasteiger partial charge in [0.05, 0.1) is 12.6 Å². The predicted octanol–water partition coefficient (Wildman–Crippen LogP) is -0.547. The number of nitrogens with zero attached hydrogens (tertiary/aromatic N) is 1. The molecule has 0 aliphatic heterocycles. The van der Waals surface area contributed by atoms with Crippen LogP contribution in [0.4, 0.5) is 0 Å². The van der Waals surface area contributed by atoms with Gasteiger partial charge in [0, 0.05) is 27.8 Å². The summed E-state index contributed by atoms with van der Waals surface area (Å²) in [4.78, 5) is 13.3. The molecule has 2 unspecified atom stereocenters. The summed E-state index contributed by atoms with van der Waals surface area (Å²) in [5.74, 6) is -0.112. The van der Waals surface area contributed by atoms with Gasteiger partial charge in [0.15, 0.2) is 0 Å². The second-order valence-electron chi connectivity index (χ2n) is 3.21. The van der Waals surface area contributed by atoms with Crippen LogP contribution < -0.4 is 5.73 Å². The summed E-state index contributed by atoms with van der Waals surface area (Å²) in [6, 6.07) is 0.0247. The van der Waals surface area contributed by atoms with Gasteiger partial charge < -0.3 is 20.1 Å². The van der Waals surface area contributed by atoms with E-state index >= 15 is 0 Å². The Balaban J connectivity index is 4.21. The SMILES string of the molecule is COCC(C)N(C)C(=O)C(CN)OC. The van der Waals surface area contributed by atoms with Crippen LogP contribution >= 0.6 is 0 Å². The number of carbonyl (C=O) groups excluding carboxylic acids is 1. The molecule has 2 N–H and O–H groups in total. The third-order valence-electron chi connectivity index (χ3n) is 2.19. The Morgan fingerprint density at radius 3 is 2.43 bits per heavy atom. The Labute approximate surface area is 85.1 Å². The number of methoxy groups -OCH3 is 2. The maximum Gasteiger partial charge on any atom is 0.253 e. The van der Waals surface area contributed by atoms with Crippen molar-refractivity contribution in [3.8, 4) is 0 Å².